The first-order valence-corrected chi connectivity index (χ1v) is 11.8. The van der Waals surface area contributed by atoms with Crippen LogP contribution in [-0.2, 0) is 11.2 Å². The van der Waals surface area contributed by atoms with Crippen molar-refractivity contribution in [3.8, 4) is 0 Å². The zero-order valence-corrected chi connectivity index (χ0v) is 20.0. The number of amides is 1. The van der Waals surface area contributed by atoms with Gasteiger partial charge in [0.25, 0.3) is 5.91 Å². The number of benzene rings is 3. The summed E-state index contributed by atoms with van der Waals surface area (Å²) in [5.41, 5.74) is 3.21. The van der Waals surface area contributed by atoms with E-state index in [1.165, 1.54) is 17.8 Å². The van der Waals surface area contributed by atoms with E-state index in [-0.39, 0.29) is 22.0 Å². The fraction of sp³-hybridized carbons (Fsp3) is 0.231. The average Bonchev–Trinajstić information content (AvgIpc) is 2.84. The monoisotopic (exact) mass is 497 g/mol. The number of carboxylic acid groups (broad SMARTS) is 1. The van der Waals surface area contributed by atoms with E-state index in [0.717, 1.165) is 37.4 Å². The summed E-state index contributed by atoms with van der Waals surface area (Å²) in [7, 11) is 0. The molecule has 3 aromatic carbocycles. The van der Waals surface area contributed by atoms with Gasteiger partial charge in [-0.1, -0.05) is 59.6 Å². The molecule has 1 aliphatic rings. The van der Waals surface area contributed by atoms with E-state index >= 15 is 0 Å². The third kappa shape index (κ3) is 5.64. The van der Waals surface area contributed by atoms with Crippen LogP contribution in [0.25, 0.3) is 0 Å². The maximum atomic E-state index is 12.6. The van der Waals surface area contributed by atoms with Crippen LogP contribution in [0.3, 0.4) is 0 Å². The van der Waals surface area contributed by atoms with Gasteiger partial charge < -0.3 is 20.2 Å². The highest BCUT2D eigenvalue weighted by Crippen LogP contribution is 2.25. The number of hydrogen-bond acceptors (Lipinski definition) is 4. The van der Waals surface area contributed by atoms with Crippen molar-refractivity contribution in [3.63, 3.8) is 0 Å². The highest BCUT2D eigenvalue weighted by Gasteiger charge is 2.24. The minimum Gasteiger partial charge on any atom is -0.480 e. The summed E-state index contributed by atoms with van der Waals surface area (Å²) < 4.78 is 0. The van der Waals surface area contributed by atoms with Crippen LogP contribution in [-0.4, -0.2) is 49.2 Å². The molecule has 1 heterocycles. The van der Waals surface area contributed by atoms with Crippen LogP contribution in [0.1, 0.15) is 15.9 Å². The van der Waals surface area contributed by atoms with Gasteiger partial charge in [-0.05, 0) is 42.0 Å². The van der Waals surface area contributed by atoms with Crippen LogP contribution in [0, 0.1) is 0 Å². The van der Waals surface area contributed by atoms with Gasteiger partial charge in [-0.25, -0.2) is 4.79 Å². The normalized spacial score (nSPS) is 14.5. The highest BCUT2D eigenvalue weighted by molar-refractivity contribution is 6.39. The van der Waals surface area contributed by atoms with Crippen molar-refractivity contribution in [2.45, 2.75) is 12.5 Å². The fourth-order valence-corrected chi connectivity index (χ4v) is 4.65. The Balaban J connectivity index is 1.37. The highest BCUT2D eigenvalue weighted by atomic mass is 35.5. The molecule has 2 N–H and O–H groups in total. The molecule has 1 unspecified atom stereocenters. The predicted molar refractivity (Wildman–Crippen MR) is 136 cm³/mol. The first-order valence-electron chi connectivity index (χ1n) is 11.0. The number of aliphatic carboxylic acids is 1. The van der Waals surface area contributed by atoms with Crippen molar-refractivity contribution in [2.24, 2.45) is 0 Å². The molecule has 6 nitrogen and oxygen atoms in total. The predicted octanol–water partition coefficient (Wildman–Crippen LogP) is 4.75. The van der Waals surface area contributed by atoms with Gasteiger partial charge in [0, 0.05) is 44.0 Å². The topological polar surface area (TPSA) is 72.9 Å². The van der Waals surface area contributed by atoms with Gasteiger partial charge in [-0.2, -0.15) is 0 Å². The lowest BCUT2D eigenvalue weighted by Crippen LogP contribution is -2.46. The van der Waals surface area contributed by atoms with Crippen molar-refractivity contribution >= 4 is 46.5 Å². The van der Waals surface area contributed by atoms with Crippen LogP contribution >= 0.6 is 23.2 Å². The number of halogens is 2. The molecule has 1 fully saturated rings. The number of carboxylic acids is 1. The van der Waals surface area contributed by atoms with Gasteiger partial charge in [-0.3, -0.25) is 4.79 Å². The summed E-state index contributed by atoms with van der Waals surface area (Å²) in [5, 5.41) is 12.5. The molecule has 0 aliphatic carbocycles. The molecule has 0 radical (unpaired) electrons. The largest absolute Gasteiger partial charge is 0.480 e. The zero-order valence-electron chi connectivity index (χ0n) is 18.5. The van der Waals surface area contributed by atoms with Gasteiger partial charge in [-0.15, -0.1) is 0 Å². The van der Waals surface area contributed by atoms with E-state index in [9.17, 15) is 14.7 Å². The Bertz CT molecular complexity index is 1130. The van der Waals surface area contributed by atoms with E-state index in [1.807, 2.05) is 30.3 Å². The number of carbonyl (C=O) groups is 2. The number of carbonyl (C=O) groups excluding carboxylic acids is 1. The SMILES string of the molecule is O=C(NC(Cc1ccc(N2CCN(c3ccccc3)CC2)cc1)C(=O)O)c1c(Cl)cccc1Cl. The van der Waals surface area contributed by atoms with Crippen LogP contribution in [0.5, 0.6) is 0 Å². The number of nitrogens with one attached hydrogen (secondary N) is 1. The van der Waals surface area contributed by atoms with E-state index in [1.54, 1.807) is 6.07 Å². The summed E-state index contributed by atoms with van der Waals surface area (Å²) in [6, 6.07) is 21.8. The number of para-hydroxylation sites is 1. The number of nitrogens with zero attached hydrogens (tertiary/aromatic N) is 2. The molecule has 8 heteroatoms. The minimum atomic E-state index is -1.13. The Labute approximate surface area is 208 Å². The van der Waals surface area contributed by atoms with Gasteiger partial charge in [0.1, 0.15) is 6.04 Å². The van der Waals surface area contributed by atoms with Crippen molar-refractivity contribution < 1.29 is 14.7 Å². The van der Waals surface area contributed by atoms with Crippen LogP contribution in [0.15, 0.2) is 72.8 Å². The Hall–Kier alpha value is -3.22. The van der Waals surface area contributed by atoms with Crippen LogP contribution < -0.4 is 15.1 Å². The molecule has 34 heavy (non-hydrogen) atoms. The van der Waals surface area contributed by atoms with Gasteiger partial charge in [0.15, 0.2) is 0 Å². The minimum absolute atomic E-state index is 0.0714. The molecule has 0 spiro atoms. The first kappa shape index (κ1) is 23.9. The summed E-state index contributed by atoms with van der Waals surface area (Å²) in [4.78, 5) is 29.1. The second kappa shape index (κ2) is 10.8. The van der Waals surface area contributed by atoms with Gasteiger partial charge in [0.05, 0.1) is 15.6 Å². The van der Waals surface area contributed by atoms with Crippen LogP contribution in [0.4, 0.5) is 11.4 Å². The molecule has 1 saturated heterocycles. The summed E-state index contributed by atoms with van der Waals surface area (Å²) in [6.45, 7) is 3.67. The lowest BCUT2D eigenvalue weighted by atomic mass is 10.0. The van der Waals surface area contributed by atoms with Crippen LogP contribution in [0.2, 0.25) is 10.0 Å². The Morgan fingerprint density at radius 3 is 1.85 bits per heavy atom. The van der Waals surface area contributed by atoms with E-state index in [2.05, 4.69) is 39.4 Å². The van der Waals surface area contributed by atoms with Crippen molar-refractivity contribution in [3.05, 3.63) is 94.0 Å². The third-order valence-corrected chi connectivity index (χ3v) is 6.57. The third-order valence-electron chi connectivity index (χ3n) is 5.94. The van der Waals surface area contributed by atoms with Crippen molar-refractivity contribution in [2.75, 3.05) is 36.0 Å². The molecule has 1 aliphatic heterocycles. The lowest BCUT2D eigenvalue weighted by Gasteiger charge is -2.37. The average molecular weight is 498 g/mol. The molecule has 1 amide bonds. The molecule has 1 atom stereocenters. The molecular formula is C26H25Cl2N3O3. The molecule has 0 bridgehead atoms. The molecule has 176 valence electrons. The first-order chi connectivity index (χ1) is 16.4. The maximum absolute atomic E-state index is 12.6. The second-order valence-electron chi connectivity index (χ2n) is 8.14. The summed E-state index contributed by atoms with van der Waals surface area (Å²) in [5.74, 6) is -1.74. The van der Waals surface area contributed by atoms with Gasteiger partial charge in [0.2, 0.25) is 0 Å². The van der Waals surface area contributed by atoms with Gasteiger partial charge >= 0.3 is 5.97 Å². The molecular weight excluding hydrogens is 473 g/mol. The smallest absolute Gasteiger partial charge is 0.326 e. The molecule has 4 rings (SSSR count). The summed E-state index contributed by atoms with van der Waals surface area (Å²) in [6.07, 6.45) is 0.144. The fourth-order valence-electron chi connectivity index (χ4n) is 4.09. The van der Waals surface area contributed by atoms with E-state index in [4.69, 9.17) is 23.2 Å². The number of hydrogen-bond donors (Lipinski definition) is 2. The number of piperazine rings is 1. The molecule has 0 aromatic heterocycles. The Kier molecular flexibility index (Phi) is 7.60. The maximum Gasteiger partial charge on any atom is 0.326 e. The second-order valence-corrected chi connectivity index (χ2v) is 8.96. The standard InChI is InChI=1S/C26H25Cl2N3O3/c27-21-7-4-8-22(28)24(21)25(32)29-23(26(33)34)17-18-9-11-20(12-10-18)31-15-13-30(14-16-31)19-5-2-1-3-6-19/h1-12,23H,13-17H2,(H,29,32)(H,33,34). The van der Waals surface area contributed by atoms with Crippen molar-refractivity contribution in [1.82, 2.24) is 5.32 Å². The molecule has 0 saturated carbocycles. The quantitative estimate of drug-likeness (QED) is 0.492. The molecule has 3 aromatic rings. The number of anilines is 2. The van der Waals surface area contributed by atoms with E-state index in [0.29, 0.717) is 0 Å². The summed E-state index contributed by atoms with van der Waals surface area (Å²) >= 11 is 12.2. The Morgan fingerprint density at radius 2 is 1.32 bits per heavy atom. The lowest BCUT2D eigenvalue weighted by molar-refractivity contribution is -0.139. The zero-order chi connectivity index (χ0) is 24.1. The van der Waals surface area contributed by atoms with E-state index < -0.39 is 17.9 Å². The van der Waals surface area contributed by atoms with Crippen molar-refractivity contribution in [1.29, 1.82) is 0 Å². The number of rotatable bonds is 7. The Morgan fingerprint density at radius 1 is 0.794 bits per heavy atom.